The number of hydrogen-bond acceptors (Lipinski definition) is 5. The molecule has 158 valence electrons. The Morgan fingerprint density at radius 3 is 1.86 bits per heavy atom. The van der Waals surface area contributed by atoms with Gasteiger partial charge in [0.1, 0.15) is 11.5 Å². The van der Waals surface area contributed by atoms with Crippen LogP contribution in [-0.4, -0.2) is 24.0 Å². The van der Waals surface area contributed by atoms with E-state index in [0.717, 1.165) is 11.1 Å². The van der Waals surface area contributed by atoms with Gasteiger partial charge in [0.2, 0.25) is 0 Å². The van der Waals surface area contributed by atoms with Crippen molar-refractivity contribution in [2.24, 2.45) is 5.92 Å². The third kappa shape index (κ3) is 4.44. The van der Waals surface area contributed by atoms with Gasteiger partial charge in [-0.05, 0) is 81.8 Å². The maximum atomic E-state index is 13.1. The van der Waals surface area contributed by atoms with E-state index in [0.29, 0.717) is 17.9 Å². The topological polar surface area (TPSA) is 69.4 Å². The van der Waals surface area contributed by atoms with Crippen LogP contribution in [0, 0.1) is 54.4 Å². The lowest BCUT2D eigenvalue weighted by molar-refractivity contribution is -0.145. The Kier molecular flexibility index (Phi) is 7.04. The van der Waals surface area contributed by atoms with Gasteiger partial charge < -0.3 is 9.26 Å². The van der Waals surface area contributed by atoms with E-state index in [4.69, 9.17) is 9.26 Å². The van der Waals surface area contributed by atoms with E-state index in [2.05, 4.69) is 39.8 Å². The van der Waals surface area contributed by atoms with E-state index in [1.54, 1.807) is 6.92 Å². The molecule has 2 aromatic rings. The predicted octanol–water partition coefficient (Wildman–Crippen LogP) is 4.93. The number of hydrogen-bond donors (Lipinski definition) is 0. The molecule has 5 heteroatoms. The van der Waals surface area contributed by atoms with Gasteiger partial charge in [-0.1, -0.05) is 12.1 Å². The van der Waals surface area contributed by atoms with Gasteiger partial charge in [0, 0.05) is 24.3 Å². The molecule has 0 amide bonds. The van der Waals surface area contributed by atoms with E-state index in [1.165, 1.54) is 34.9 Å². The van der Waals surface area contributed by atoms with Crippen LogP contribution in [0.5, 0.6) is 0 Å². The number of nitrogens with zero attached hydrogens (tertiary/aromatic N) is 1. The van der Waals surface area contributed by atoms with Crippen LogP contribution in [0.3, 0.4) is 0 Å². The van der Waals surface area contributed by atoms with Crippen molar-refractivity contribution in [3.05, 3.63) is 50.4 Å². The fraction of sp³-hybridized carbons (Fsp3) is 0.542. The molecule has 5 nitrogen and oxygen atoms in total. The summed E-state index contributed by atoms with van der Waals surface area (Å²) >= 11 is 0. The first-order valence-electron chi connectivity index (χ1n) is 10.1. The second kappa shape index (κ2) is 8.93. The van der Waals surface area contributed by atoms with Crippen LogP contribution in [0.2, 0.25) is 0 Å². The Morgan fingerprint density at radius 2 is 1.41 bits per heavy atom. The number of aryl methyl sites for hydroxylation is 1. The summed E-state index contributed by atoms with van der Waals surface area (Å²) in [4.78, 5) is 25.4. The van der Waals surface area contributed by atoms with Crippen molar-refractivity contribution in [1.82, 2.24) is 5.16 Å². The van der Waals surface area contributed by atoms with Crippen molar-refractivity contribution in [2.75, 3.05) is 7.11 Å². The number of benzene rings is 1. The van der Waals surface area contributed by atoms with Crippen molar-refractivity contribution in [3.8, 4) is 0 Å². The van der Waals surface area contributed by atoms with E-state index in [-0.39, 0.29) is 24.1 Å². The quantitative estimate of drug-likeness (QED) is 0.618. The van der Waals surface area contributed by atoms with Gasteiger partial charge in [-0.15, -0.1) is 0 Å². The minimum atomic E-state index is -0.490. The van der Waals surface area contributed by atoms with Crippen LogP contribution in [0.1, 0.15) is 69.7 Å². The van der Waals surface area contributed by atoms with Crippen LogP contribution in [0.25, 0.3) is 0 Å². The van der Waals surface area contributed by atoms with Gasteiger partial charge in [0.15, 0.2) is 0 Å². The van der Waals surface area contributed by atoms with E-state index in [1.807, 2.05) is 13.8 Å². The normalized spacial score (nSPS) is 13.3. The molecule has 2 rings (SSSR count). The first-order chi connectivity index (χ1) is 13.5. The van der Waals surface area contributed by atoms with E-state index in [9.17, 15) is 9.59 Å². The van der Waals surface area contributed by atoms with Crippen LogP contribution >= 0.6 is 0 Å². The molecule has 0 spiro atoms. The first-order valence-corrected chi connectivity index (χ1v) is 10.1. The maximum Gasteiger partial charge on any atom is 0.309 e. The summed E-state index contributed by atoms with van der Waals surface area (Å²) < 4.78 is 10.2. The smallest absolute Gasteiger partial charge is 0.309 e. The standard InChI is InChI=1S/C24H33NO4/c1-12-13(2)15(4)21(16(5)14(12)3)10-20(26)11-22(18(7)24(27)28-9)23-17(6)19(8)29-25-23/h18,22H,10-11H2,1-9H3/t18-,22?/m1/s1. The Balaban J connectivity index is 2.37. The second-order valence-corrected chi connectivity index (χ2v) is 8.19. The number of ketones is 1. The molecule has 0 saturated heterocycles. The van der Waals surface area contributed by atoms with Crippen molar-refractivity contribution >= 4 is 11.8 Å². The highest BCUT2D eigenvalue weighted by Crippen LogP contribution is 2.33. The zero-order chi connectivity index (χ0) is 22.0. The molecule has 0 aliphatic heterocycles. The number of carbonyl (C=O) groups is 2. The molecule has 0 saturated carbocycles. The number of esters is 1. The molecule has 2 atom stereocenters. The molecule has 1 aromatic heterocycles. The van der Waals surface area contributed by atoms with Gasteiger partial charge in [0.05, 0.1) is 18.7 Å². The molecular weight excluding hydrogens is 366 g/mol. The minimum Gasteiger partial charge on any atom is -0.469 e. The molecule has 1 heterocycles. The zero-order valence-electron chi connectivity index (χ0n) is 19.1. The molecule has 0 aliphatic carbocycles. The Morgan fingerprint density at radius 1 is 0.897 bits per heavy atom. The van der Waals surface area contributed by atoms with E-state index >= 15 is 0 Å². The summed E-state index contributed by atoms with van der Waals surface area (Å²) in [5.74, 6) is -0.431. The largest absolute Gasteiger partial charge is 0.469 e. The third-order valence-corrected chi connectivity index (χ3v) is 6.70. The first kappa shape index (κ1) is 22.9. The highest BCUT2D eigenvalue weighted by Gasteiger charge is 2.32. The summed E-state index contributed by atoms with van der Waals surface area (Å²) in [7, 11) is 1.36. The number of Topliss-reactive ketones (excluding diaryl/α,β-unsaturated/α-hetero) is 1. The van der Waals surface area contributed by atoms with E-state index < -0.39 is 5.92 Å². The molecule has 0 radical (unpaired) electrons. The highest BCUT2D eigenvalue weighted by molar-refractivity contribution is 5.84. The number of aromatic nitrogens is 1. The number of carbonyl (C=O) groups excluding carboxylic acids is 2. The molecule has 1 aromatic carbocycles. The molecule has 1 unspecified atom stereocenters. The van der Waals surface area contributed by atoms with Gasteiger partial charge >= 0.3 is 5.97 Å². The van der Waals surface area contributed by atoms with Gasteiger partial charge in [0.25, 0.3) is 0 Å². The Bertz CT molecular complexity index is 910. The average Bonchev–Trinajstić information content (AvgIpc) is 3.03. The minimum absolute atomic E-state index is 0.0830. The molecular formula is C24H33NO4. The van der Waals surface area contributed by atoms with Gasteiger partial charge in [-0.3, -0.25) is 9.59 Å². The Hall–Kier alpha value is -2.43. The van der Waals surface area contributed by atoms with Crippen LogP contribution < -0.4 is 0 Å². The lowest BCUT2D eigenvalue weighted by atomic mass is 9.82. The number of rotatable bonds is 7. The SMILES string of the molecule is COC(=O)[C@H](C)C(CC(=O)Cc1c(C)c(C)c(C)c(C)c1C)c1noc(C)c1C. The average molecular weight is 400 g/mol. The maximum absolute atomic E-state index is 13.1. The van der Waals surface area contributed by atoms with Gasteiger partial charge in [-0.2, -0.15) is 0 Å². The summed E-state index contributed by atoms with van der Waals surface area (Å²) in [6, 6.07) is 0. The van der Waals surface area contributed by atoms with Crippen molar-refractivity contribution < 1.29 is 18.8 Å². The molecule has 0 N–H and O–H groups in total. The molecule has 0 bridgehead atoms. The van der Waals surface area contributed by atoms with Crippen molar-refractivity contribution in [3.63, 3.8) is 0 Å². The Labute approximate surface area is 173 Å². The highest BCUT2D eigenvalue weighted by atomic mass is 16.5. The second-order valence-electron chi connectivity index (χ2n) is 8.19. The summed E-state index contributed by atoms with van der Waals surface area (Å²) in [6.07, 6.45) is 0.563. The van der Waals surface area contributed by atoms with Crippen LogP contribution in [0.4, 0.5) is 0 Å². The molecule has 0 fully saturated rings. The van der Waals surface area contributed by atoms with Crippen LogP contribution in [0.15, 0.2) is 4.52 Å². The zero-order valence-corrected chi connectivity index (χ0v) is 19.1. The van der Waals surface area contributed by atoms with Crippen LogP contribution in [-0.2, 0) is 20.7 Å². The predicted molar refractivity (Wildman–Crippen MR) is 113 cm³/mol. The summed E-state index contributed by atoms with van der Waals surface area (Å²) in [5.41, 5.74) is 8.73. The summed E-state index contributed by atoms with van der Waals surface area (Å²) in [5, 5.41) is 4.15. The fourth-order valence-electron chi connectivity index (χ4n) is 4.00. The third-order valence-electron chi connectivity index (χ3n) is 6.70. The number of methoxy groups -OCH3 is 1. The fourth-order valence-corrected chi connectivity index (χ4v) is 4.00. The summed E-state index contributed by atoms with van der Waals surface area (Å²) in [6.45, 7) is 16.0. The number of ether oxygens (including phenoxy) is 1. The van der Waals surface area contributed by atoms with Crippen molar-refractivity contribution in [1.29, 1.82) is 0 Å². The van der Waals surface area contributed by atoms with Crippen molar-refractivity contribution in [2.45, 2.75) is 74.1 Å². The molecule has 0 aliphatic rings. The monoisotopic (exact) mass is 399 g/mol. The molecule has 29 heavy (non-hydrogen) atoms. The lowest BCUT2D eigenvalue weighted by Gasteiger charge is -2.22. The lowest BCUT2D eigenvalue weighted by Crippen LogP contribution is -2.25. The van der Waals surface area contributed by atoms with Gasteiger partial charge in [-0.25, -0.2) is 0 Å².